The van der Waals surface area contributed by atoms with Crippen LogP contribution < -0.4 is 16.4 Å². The van der Waals surface area contributed by atoms with Crippen LogP contribution in [-0.2, 0) is 0 Å². The number of hydrogen-bond acceptors (Lipinski definition) is 5. The first-order chi connectivity index (χ1) is 17.2. The van der Waals surface area contributed by atoms with E-state index < -0.39 is 0 Å². The van der Waals surface area contributed by atoms with Gasteiger partial charge in [-0.1, -0.05) is 48.5 Å². The first kappa shape index (κ1) is 22.6. The Hall–Kier alpha value is -4.16. The summed E-state index contributed by atoms with van der Waals surface area (Å²) >= 11 is 0. The van der Waals surface area contributed by atoms with Crippen molar-refractivity contribution in [3.63, 3.8) is 0 Å². The summed E-state index contributed by atoms with van der Waals surface area (Å²) in [6.45, 7) is 2.39. The summed E-state index contributed by atoms with van der Waals surface area (Å²) in [4.78, 5) is 27.4. The molecule has 1 aliphatic heterocycles. The molecule has 0 aromatic heterocycles. The number of carbonyl (C=O) groups is 2. The summed E-state index contributed by atoms with van der Waals surface area (Å²) in [6.07, 6.45) is 0.661. The molecule has 4 N–H and O–H groups in total. The molecule has 1 heterocycles. The third-order valence-electron chi connectivity index (χ3n) is 6.32. The van der Waals surface area contributed by atoms with E-state index in [1.165, 1.54) is 4.90 Å². The second-order valence-corrected chi connectivity index (χ2v) is 8.62. The Bertz CT molecular complexity index is 1310. The first-order valence-corrected chi connectivity index (χ1v) is 11.9. The van der Waals surface area contributed by atoms with Crippen molar-refractivity contribution in [2.75, 3.05) is 36.8 Å². The van der Waals surface area contributed by atoms with Crippen molar-refractivity contribution in [1.82, 2.24) is 4.90 Å². The van der Waals surface area contributed by atoms with Gasteiger partial charge in [-0.05, 0) is 59.3 Å². The van der Waals surface area contributed by atoms with Crippen LogP contribution >= 0.6 is 0 Å². The van der Waals surface area contributed by atoms with Crippen LogP contribution in [-0.4, -0.2) is 42.9 Å². The summed E-state index contributed by atoms with van der Waals surface area (Å²) in [7, 11) is 0. The second kappa shape index (κ2) is 9.99. The van der Waals surface area contributed by atoms with Gasteiger partial charge in [0.1, 0.15) is 0 Å². The quantitative estimate of drug-likeness (QED) is 0.240. The summed E-state index contributed by atoms with van der Waals surface area (Å²) in [5.74, 6) is -0.430. The minimum Gasteiger partial charge on any atom is -0.385 e. The molecule has 0 spiro atoms. The molecule has 0 bridgehead atoms. The molecular weight excluding hydrogens is 436 g/mol. The number of carbonyl (C=O) groups excluding carboxylic acids is 2. The van der Waals surface area contributed by atoms with Gasteiger partial charge in [0, 0.05) is 54.1 Å². The highest BCUT2D eigenvalue weighted by molar-refractivity contribution is 6.25. The van der Waals surface area contributed by atoms with Crippen LogP contribution in [0.15, 0.2) is 84.9 Å². The Balaban J connectivity index is 1.17. The molecule has 4 aromatic rings. The third-order valence-corrected chi connectivity index (χ3v) is 6.32. The van der Waals surface area contributed by atoms with Gasteiger partial charge >= 0.3 is 0 Å². The van der Waals surface area contributed by atoms with Crippen molar-refractivity contribution >= 4 is 34.0 Å². The molecule has 0 aliphatic carbocycles. The average molecular weight is 465 g/mol. The molecule has 0 saturated carbocycles. The van der Waals surface area contributed by atoms with Gasteiger partial charge in [-0.25, -0.2) is 0 Å². The molecule has 0 fully saturated rings. The van der Waals surface area contributed by atoms with E-state index >= 15 is 0 Å². The largest absolute Gasteiger partial charge is 0.385 e. The molecule has 1 aliphatic rings. The fourth-order valence-electron chi connectivity index (χ4n) is 4.53. The maximum Gasteiger partial charge on any atom is 0.261 e. The summed E-state index contributed by atoms with van der Waals surface area (Å²) in [5.41, 5.74) is 11.1. The summed E-state index contributed by atoms with van der Waals surface area (Å²) in [5, 5.41) is 8.35. The highest BCUT2D eigenvalue weighted by Gasteiger charge is 2.31. The smallest absolute Gasteiger partial charge is 0.261 e. The van der Waals surface area contributed by atoms with Crippen LogP contribution in [0.1, 0.15) is 27.1 Å². The average Bonchev–Trinajstić information content (AvgIpc) is 2.90. The lowest BCUT2D eigenvalue weighted by molar-refractivity contribution is 0.0610. The van der Waals surface area contributed by atoms with E-state index in [2.05, 4.69) is 47.0 Å². The van der Waals surface area contributed by atoms with Gasteiger partial charge in [-0.15, -0.1) is 0 Å². The molecule has 5 rings (SSSR count). The predicted octanol–water partition coefficient (Wildman–Crippen LogP) is 4.98. The van der Waals surface area contributed by atoms with E-state index in [0.717, 1.165) is 39.8 Å². The number of anilines is 2. The number of amides is 2. The topological polar surface area (TPSA) is 87.5 Å². The number of benzene rings is 4. The molecule has 6 heteroatoms. The molecule has 0 unspecified atom stereocenters. The van der Waals surface area contributed by atoms with Gasteiger partial charge in [-0.2, -0.15) is 0 Å². The van der Waals surface area contributed by atoms with Crippen LogP contribution in [0.25, 0.3) is 21.9 Å². The number of hydrogen-bond donors (Lipinski definition) is 3. The van der Waals surface area contributed by atoms with Crippen molar-refractivity contribution in [3.05, 3.63) is 96.1 Å². The van der Waals surface area contributed by atoms with Crippen LogP contribution in [0.4, 0.5) is 11.4 Å². The van der Waals surface area contributed by atoms with E-state index in [9.17, 15) is 9.59 Å². The monoisotopic (exact) mass is 464 g/mol. The number of rotatable bonds is 9. The van der Waals surface area contributed by atoms with E-state index in [1.54, 1.807) is 12.1 Å². The number of nitrogens with zero attached hydrogens (tertiary/aromatic N) is 1. The molecule has 6 nitrogen and oxygen atoms in total. The molecule has 35 heavy (non-hydrogen) atoms. The Labute approximate surface area is 204 Å². The molecule has 0 radical (unpaired) electrons. The van der Waals surface area contributed by atoms with Gasteiger partial charge in [0.05, 0.1) is 0 Å². The molecule has 176 valence electrons. The molecule has 0 saturated heterocycles. The van der Waals surface area contributed by atoms with Gasteiger partial charge < -0.3 is 16.4 Å². The maximum absolute atomic E-state index is 13.0. The van der Waals surface area contributed by atoms with Crippen molar-refractivity contribution in [3.8, 4) is 11.1 Å². The Kier molecular flexibility index (Phi) is 6.46. The lowest BCUT2D eigenvalue weighted by Gasteiger charge is -2.27. The van der Waals surface area contributed by atoms with E-state index in [-0.39, 0.29) is 11.8 Å². The van der Waals surface area contributed by atoms with Crippen LogP contribution in [0, 0.1) is 0 Å². The lowest BCUT2D eigenvalue weighted by atomic mass is 9.94. The lowest BCUT2D eigenvalue weighted by Crippen LogP contribution is -2.41. The highest BCUT2D eigenvalue weighted by atomic mass is 16.2. The first-order valence-electron chi connectivity index (χ1n) is 11.9. The highest BCUT2D eigenvalue weighted by Crippen LogP contribution is 2.30. The van der Waals surface area contributed by atoms with E-state index in [0.29, 0.717) is 37.2 Å². The van der Waals surface area contributed by atoms with Gasteiger partial charge in [0.25, 0.3) is 11.8 Å². The third kappa shape index (κ3) is 4.61. The SMILES string of the molecule is NCCNc1ccc(-c2ccc(NCCCN3C(=O)c4cccc5cccc(c45)C3=O)cc2)cc1. The fourth-order valence-corrected chi connectivity index (χ4v) is 4.53. The van der Waals surface area contributed by atoms with E-state index in [1.807, 2.05) is 36.4 Å². The molecule has 2 amide bonds. The van der Waals surface area contributed by atoms with Crippen molar-refractivity contribution in [2.24, 2.45) is 5.73 Å². The standard InChI is InChI=1S/C29H28N4O2/c30-16-18-32-24-14-10-21(11-15-24)20-8-12-23(13-9-20)31-17-3-19-33-28(34)25-6-1-4-22-5-2-7-26(27(22)25)29(33)35/h1-2,4-15,31-32H,3,16-19,30H2. The zero-order chi connectivity index (χ0) is 24.2. The number of nitrogens with two attached hydrogens (primary N) is 1. The Morgan fingerprint density at radius 1 is 0.657 bits per heavy atom. The molecule has 0 atom stereocenters. The normalized spacial score (nSPS) is 12.8. The Morgan fingerprint density at radius 2 is 1.17 bits per heavy atom. The van der Waals surface area contributed by atoms with Crippen molar-refractivity contribution in [2.45, 2.75) is 6.42 Å². The van der Waals surface area contributed by atoms with Crippen LogP contribution in [0.3, 0.4) is 0 Å². The van der Waals surface area contributed by atoms with Gasteiger partial charge in [-0.3, -0.25) is 14.5 Å². The van der Waals surface area contributed by atoms with Crippen LogP contribution in [0.5, 0.6) is 0 Å². The zero-order valence-corrected chi connectivity index (χ0v) is 19.5. The minimum absolute atomic E-state index is 0.215. The van der Waals surface area contributed by atoms with Gasteiger partial charge in [0.15, 0.2) is 0 Å². The summed E-state index contributed by atoms with van der Waals surface area (Å²) < 4.78 is 0. The second-order valence-electron chi connectivity index (χ2n) is 8.62. The number of imide groups is 1. The van der Waals surface area contributed by atoms with Gasteiger partial charge in [0.2, 0.25) is 0 Å². The summed E-state index contributed by atoms with van der Waals surface area (Å²) in [6, 6.07) is 27.8. The van der Waals surface area contributed by atoms with E-state index in [4.69, 9.17) is 5.73 Å². The Morgan fingerprint density at radius 3 is 1.69 bits per heavy atom. The molecule has 4 aromatic carbocycles. The predicted molar refractivity (Wildman–Crippen MR) is 142 cm³/mol. The van der Waals surface area contributed by atoms with Crippen LogP contribution in [0.2, 0.25) is 0 Å². The minimum atomic E-state index is -0.215. The zero-order valence-electron chi connectivity index (χ0n) is 19.5. The van der Waals surface area contributed by atoms with Crippen molar-refractivity contribution in [1.29, 1.82) is 0 Å². The van der Waals surface area contributed by atoms with Crippen molar-refractivity contribution < 1.29 is 9.59 Å². The molecular formula is C29H28N4O2. The maximum atomic E-state index is 13.0. The fraction of sp³-hybridized carbons (Fsp3) is 0.172. The number of nitrogens with one attached hydrogen (secondary N) is 2.